The van der Waals surface area contributed by atoms with Crippen LogP contribution in [0.3, 0.4) is 0 Å². The Kier molecular flexibility index (Phi) is 3.23. The van der Waals surface area contributed by atoms with Crippen molar-refractivity contribution in [3.8, 4) is 0 Å². The monoisotopic (exact) mass is 262 g/mol. The highest BCUT2D eigenvalue weighted by atomic mass is 79.9. The quantitative estimate of drug-likeness (QED) is 0.858. The van der Waals surface area contributed by atoms with Crippen molar-refractivity contribution in [2.45, 2.75) is 13.0 Å². The van der Waals surface area contributed by atoms with E-state index in [9.17, 15) is 14.3 Å². The van der Waals surface area contributed by atoms with Crippen LogP contribution >= 0.6 is 15.9 Å². The van der Waals surface area contributed by atoms with Gasteiger partial charge in [0.15, 0.2) is 6.10 Å². The van der Waals surface area contributed by atoms with Crippen molar-refractivity contribution in [2.75, 3.05) is 0 Å². The number of carboxylic acids is 1. The molecule has 1 atom stereocenters. The first-order valence-corrected chi connectivity index (χ1v) is 4.59. The van der Waals surface area contributed by atoms with Crippen molar-refractivity contribution < 1.29 is 19.4 Å². The number of carbonyl (C=O) groups is 1. The molecule has 14 heavy (non-hydrogen) atoms. The summed E-state index contributed by atoms with van der Waals surface area (Å²) >= 11 is 3.04. The first kappa shape index (κ1) is 11.1. The van der Waals surface area contributed by atoms with Crippen molar-refractivity contribution in [1.82, 2.24) is 0 Å². The van der Waals surface area contributed by atoms with Gasteiger partial charge in [-0.25, -0.2) is 9.18 Å². The predicted molar refractivity (Wildman–Crippen MR) is 51.4 cm³/mol. The summed E-state index contributed by atoms with van der Waals surface area (Å²) in [4.78, 5) is 10.5. The third-order valence-electron chi connectivity index (χ3n) is 1.83. The van der Waals surface area contributed by atoms with Gasteiger partial charge < -0.3 is 10.2 Å². The number of aliphatic hydroxyl groups excluding tert-OH is 1. The molecule has 1 unspecified atom stereocenters. The molecule has 5 heteroatoms. The number of hydrogen-bond acceptors (Lipinski definition) is 2. The Labute approximate surface area is 88.3 Å². The lowest BCUT2D eigenvalue weighted by atomic mass is 10.1. The normalized spacial score (nSPS) is 12.6. The average Bonchev–Trinajstić information content (AvgIpc) is 2.12. The fraction of sp³-hybridized carbons (Fsp3) is 0.222. The van der Waals surface area contributed by atoms with Gasteiger partial charge in [-0.3, -0.25) is 0 Å². The second-order valence-electron chi connectivity index (χ2n) is 2.83. The summed E-state index contributed by atoms with van der Waals surface area (Å²) in [6.07, 6.45) is -1.84. The van der Waals surface area contributed by atoms with E-state index in [4.69, 9.17) is 5.11 Å². The molecule has 76 valence electrons. The maximum atomic E-state index is 13.2. The standard InChI is InChI=1S/C9H8BrFO3/c1-4-2-3-5(11)6(7(4)10)8(12)9(13)14/h2-3,8,12H,1H3,(H,13,14). The van der Waals surface area contributed by atoms with E-state index in [-0.39, 0.29) is 10.0 Å². The van der Waals surface area contributed by atoms with E-state index in [1.807, 2.05) is 0 Å². The SMILES string of the molecule is Cc1ccc(F)c(C(O)C(=O)O)c1Br. The molecule has 0 radical (unpaired) electrons. The van der Waals surface area contributed by atoms with Crippen molar-refractivity contribution >= 4 is 21.9 Å². The van der Waals surface area contributed by atoms with Crippen molar-refractivity contribution in [1.29, 1.82) is 0 Å². The summed E-state index contributed by atoms with van der Waals surface area (Å²) in [5, 5.41) is 17.8. The van der Waals surface area contributed by atoms with Gasteiger partial charge in [-0.05, 0) is 18.6 Å². The molecule has 0 aliphatic rings. The zero-order chi connectivity index (χ0) is 10.9. The highest BCUT2D eigenvalue weighted by molar-refractivity contribution is 9.10. The number of aliphatic hydroxyl groups is 1. The molecule has 0 aliphatic heterocycles. The molecular formula is C9H8BrFO3. The molecule has 0 aliphatic carbocycles. The number of halogens is 2. The Morgan fingerprint density at radius 1 is 1.57 bits per heavy atom. The van der Waals surface area contributed by atoms with Crippen LogP contribution < -0.4 is 0 Å². The average molecular weight is 263 g/mol. The third-order valence-corrected chi connectivity index (χ3v) is 2.88. The van der Waals surface area contributed by atoms with Gasteiger partial charge in [-0.2, -0.15) is 0 Å². The fourth-order valence-corrected chi connectivity index (χ4v) is 1.59. The van der Waals surface area contributed by atoms with E-state index in [0.717, 1.165) is 6.07 Å². The Bertz CT molecular complexity index is 379. The van der Waals surface area contributed by atoms with Crippen LogP contribution in [-0.4, -0.2) is 16.2 Å². The highest BCUT2D eigenvalue weighted by Gasteiger charge is 2.23. The van der Waals surface area contributed by atoms with Crippen LogP contribution in [0.5, 0.6) is 0 Å². The number of hydrogen-bond donors (Lipinski definition) is 2. The molecule has 0 aromatic heterocycles. The highest BCUT2D eigenvalue weighted by Crippen LogP contribution is 2.29. The van der Waals surface area contributed by atoms with Crippen molar-refractivity contribution in [3.63, 3.8) is 0 Å². The molecule has 0 amide bonds. The van der Waals surface area contributed by atoms with Gasteiger partial charge in [0.1, 0.15) is 5.82 Å². The summed E-state index contributed by atoms with van der Waals surface area (Å²) in [6, 6.07) is 2.62. The maximum Gasteiger partial charge on any atom is 0.337 e. The van der Waals surface area contributed by atoms with Gasteiger partial charge >= 0.3 is 5.97 Å². The van der Waals surface area contributed by atoms with Gasteiger partial charge in [0.2, 0.25) is 0 Å². The minimum atomic E-state index is -1.84. The van der Waals surface area contributed by atoms with Gasteiger partial charge in [0, 0.05) is 10.0 Å². The zero-order valence-electron chi connectivity index (χ0n) is 7.29. The Morgan fingerprint density at radius 2 is 2.14 bits per heavy atom. The first-order chi connectivity index (χ1) is 6.45. The summed E-state index contributed by atoms with van der Waals surface area (Å²) in [5.74, 6) is -2.22. The molecule has 3 nitrogen and oxygen atoms in total. The molecule has 1 aromatic rings. The smallest absolute Gasteiger partial charge is 0.337 e. The van der Waals surface area contributed by atoms with Gasteiger partial charge in [-0.15, -0.1) is 0 Å². The maximum absolute atomic E-state index is 13.2. The van der Waals surface area contributed by atoms with Gasteiger partial charge in [0.25, 0.3) is 0 Å². The molecule has 2 N–H and O–H groups in total. The molecule has 0 bridgehead atoms. The van der Waals surface area contributed by atoms with Gasteiger partial charge in [0.05, 0.1) is 0 Å². The fourth-order valence-electron chi connectivity index (χ4n) is 1.05. The number of carboxylic acid groups (broad SMARTS) is 1. The molecule has 0 saturated heterocycles. The van der Waals surface area contributed by atoms with E-state index in [1.165, 1.54) is 6.07 Å². The number of aliphatic carboxylic acids is 1. The number of aryl methyl sites for hydroxylation is 1. The Balaban J connectivity index is 3.32. The minimum Gasteiger partial charge on any atom is -0.479 e. The molecule has 1 aromatic carbocycles. The minimum absolute atomic E-state index is 0.238. The largest absolute Gasteiger partial charge is 0.479 e. The molecule has 1 rings (SSSR count). The molecular weight excluding hydrogens is 255 g/mol. The van der Waals surface area contributed by atoms with E-state index in [2.05, 4.69) is 15.9 Å². The van der Waals surface area contributed by atoms with Crippen LogP contribution in [0.25, 0.3) is 0 Å². The Hall–Kier alpha value is -0.940. The van der Waals surface area contributed by atoms with Gasteiger partial charge in [-0.1, -0.05) is 22.0 Å². The first-order valence-electron chi connectivity index (χ1n) is 3.80. The van der Waals surface area contributed by atoms with Crippen LogP contribution in [0, 0.1) is 12.7 Å². The molecule has 0 spiro atoms. The van der Waals surface area contributed by atoms with Crippen LogP contribution in [0.1, 0.15) is 17.2 Å². The van der Waals surface area contributed by atoms with E-state index in [0.29, 0.717) is 5.56 Å². The third kappa shape index (κ3) is 1.93. The summed E-state index contributed by atoms with van der Waals surface area (Å²) < 4.78 is 13.5. The summed E-state index contributed by atoms with van der Waals surface area (Å²) in [5.41, 5.74) is 0.430. The number of rotatable bonds is 2. The lowest BCUT2D eigenvalue weighted by molar-refractivity contribution is -0.147. The van der Waals surface area contributed by atoms with Crippen LogP contribution in [0.2, 0.25) is 0 Å². The second-order valence-corrected chi connectivity index (χ2v) is 3.63. The van der Waals surface area contributed by atoms with E-state index < -0.39 is 17.9 Å². The number of benzene rings is 1. The van der Waals surface area contributed by atoms with Crippen LogP contribution in [-0.2, 0) is 4.79 Å². The molecule has 0 heterocycles. The molecule has 0 fully saturated rings. The van der Waals surface area contributed by atoms with E-state index >= 15 is 0 Å². The lowest BCUT2D eigenvalue weighted by Crippen LogP contribution is -2.13. The summed E-state index contributed by atoms with van der Waals surface area (Å²) in [6.45, 7) is 1.68. The van der Waals surface area contributed by atoms with Crippen LogP contribution in [0.15, 0.2) is 16.6 Å². The zero-order valence-corrected chi connectivity index (χ0v) is 8.88. The van der Waals surface area contributed by atoms with E-state index in [1.54, 1.807) is 6.92 Å². The second kappa shape index (κ2) is 4.06. The summed E-state index contributed by atoms with van der Waals surface area (Å²) in [7, 11) is 0. The van der Waals surface area contributed by atoms with Crippen molar-refractivity contribution in [3.05, 3.63) is 33.5 Å². The van der Waals surface area contributed by atoms with Crippen LogP contribution in [0.4, 0.5) is 4.39 Å². The van der Waals surface area contributed by atoms with Crippen molar-refractivity contribution in [2.24, 2.45) is 0 Å². The lowest BCUT2D eigenvalue weighted by Gasteiger charge is -2.11. The Morgan fingerprint density at radius 3 is 2.64 bits per heavy atom. The predicted octanol–water partition coefficient (Wildman–Crippen LogP) is 2.01. The topological polar surface area (TPSA) is 57.5 Å². The molecule has 0 saturated carbocycles.